The minimum atomic E-state index is 1.07. The Balaban J connectivity index is 2.79. The van der Waals surface area contributed by atoms with Crippen LogP contribution >= 0.6 is 11.8 Å². The van der Waals surface area contributed by atoms with E-state index in [2.05, 4.69) is 25.0 Å². The van der Waals surface area contributed by atoms with E-state index in [9.17, 15) is 0 Å². The number of thioether (sulfide) groups is 1. The van der Waals surface area contributed by atoms with Gasteiger partial charge in [0.2, 0.25) is 0 Å². The van der Waals surface area contributed by atoms with Gasteiger partial charge in [0.05, 0.1) is 0 Å². The van der Waals surface area contributed by atoms with Gasteiger partial charge in [-0.25, -0.2) is 0 Å². The first-order valence-electron chi connectivity index (χ1n) is 2.94. The molecule has 0 saturated carbocycles. The summed E-state index contributed by atoms with van der Waals surface area (Å²) in [6.45, 7) is 3.73. The lowest BCUT2D eigenvalue weighted by atomic mass is 10.2. The molecule has 1 aliphatic carbocycles. The largest absolute Gasteiger partial charge is 0.129 e. The minimum absolute atomic E-state index is 1.07. The molecule has 0 bridgehead atoms. The molecule has 0 fully saturated rings. The maximum absolute atomic E-state index is 3.73. The lowest BCUT2D eigenvalue weighted by Gasteiger charge is -1.94. The van der Waals surface area contributed by atoms with Gasteiger partial charge < -0.3 is 0 Å². The fourth-order valence-electron chi connectivity index (χ4n) is 0.884. The van der Waals surface area contributed by atoms with Crippen molar-refractivity contribution in [3.8, 4) is 0 Å². The molecule has 0 aromatic rings. The molecule has 1 heteroatoms. The van der Waals surface area contributed by atoms with Crippen LogP contribution in [0.1, 0.15) is 6.42 Å². The SMILES string of the molecule is C=CC1=C(SC)C=CC1. The molecule has 0 nitrogen and oxygen atoms in total. The van der Waals surface area contributed by atoms with Gasteiger partial charge in [-0.3, -0.25) is 0 Å². The predicted octanol–water partition coefficient (Wildman–Crippen LogP) is 2.75. The highest BCUT2D eigenvalue weighted by atomic mass is 32.2. The highest BCUT2D eigenvalue weighted by Gasteiger charge is 2.02. The van der Waals surface area contributed by atoms with E-state index in [1.165, 1.54) is 10.5 Å². The maximum Gasteiger partial charge on any atom is 0.0101 e. The maximum atomic E-state index is 3.73. The van der Waals surface area contributed by atoms with Crippen LogP contribution in [-0.4, -0.2) is 6.26 Å². The van der Waals surface area contributed by atoms with Gasteiger partial charge in [0.1, 0.15) is 0 Å². The molecule has 1 rings (SSSR count). The molecule has 0 atom stereocenters. The number of allylic oxidation sites excluding steroid dienone is 4. The monoisotopic (exact) mass is 138 g/mol. The highest BCUT2D eigenvalue weighted by Crippen LogP contribution is 2.26. The topological polar surface area (TPSA) is 0 Å². The molecule has 0 saturated heterocycles. The molecular formula is C8H10S. The van der Waals surface area contributed by atoms with E-state index in [1.807, 2.05) is 6.08 Å². The fraction of sp³-hybridized carbons (Fsp3) is 0.250. The van der Waals surface area contributed by atoms with Crippen LogP contribution in [0, 0.1) is 0 Å². The minimum Gasteiger partial charge on any atom is -0.129 e. The third-order valence-electron chi connectivity index (χ3n) is 1.39. The zero-order chi connectivity index (χ0) is 6.69. The van der Waals surface area contributed by atoms with Crippen molar-refractivity contribution in [2.24, 2.45) is 0 Å². The third kappa shape index (κ3) is 1.28. The second-order valence-electron chi connectivity index (χ2n) is 1.90. The summed E-state index contributed by atoms with van der Waals surface area (Å²) in [5, 5.41) is 0. The highest BCUT2D eigenvalue weighted by molar-refractivity contribution is 8.02. The van der Waals surface area contributed by atoms with Crippen molar-refractivity contribution in [3.63, 3.8) is 0 Å². The van der Waals surface area contributed by atoms with E-state index >= 15 is 0 Å². The lowest BCUT2D eigenvalue weighted by Crippen LogP contribution is -1.71. The molecule has 0 aliphatic heterocycles. The third-order valence-corrected chi connectivity index (χ3v) is 2.23. The first-order valence-corrected chi connectivity index (χ1v) is 4.17. The summed E-state index contributed by atoms with van der Waals surface area (Å²) in [7, 11) is 0. The van der Waals surface area contributed by atoms with Crippen LogP contribution in [0.5, 0.6) is 0 Å². The summed E-state index contributed by atoms with van der Waals surface area (Å²) in [6, 6.07) is 0. The van der Waals surface area contributed by atoms with E-state index in [0.29, 0.717) is 0 Å². The smallest absolute Gasteiger partial charge is 0.0101 e. The molecule has 0 N–H and O–H groups in total. The number of hydrogen-bond acceptors (Lipinski definition) is 1. The zero-order valence-corrected chi connectivity index (χ0v) is 6.37. The average molecular weight is 138 g/mol. The predicted molar refractivity (Wildman–Crippen MR) is 44.5 cm³/mol. The standard InChI is InChI=1S/C8H10S/c1-3-7-5-4-6-8(7)9-2/h3-4,6H,1,5H2,2H3. The molecule has 0 heterocycles. The van der Waals surface area contributed by atoms with Crippen molar-refractivity contribution < 1.29 is 0 Å². The molecule has 0 aromatic heterocycles. The van der Waals surface area contributed by atoms with Crippen LogP contribution in [0.2, 0.25) is 0 Å². The molecular weight excluding hydrogens is 128 g/mol. The van der Waals surface area contributed by atoms with E-state index in [-0.39, 0.29) is 0 Å². The molecule has 0 aromatic carbocycles. The van der Waals surface area contributed by atoms with Crippen molar-refractivity contribution >= 4 is 11.8 Å². The van der Waals surface area contributed by atoms with Gasteiger partial charge in [-0.05, 0) is 18.2 Å². The number of rotatable bonds is 2. The lowest BCUT2D eigenvalue weighted by molar-refractivity contribution is 1.33. The Hall–Kier alpha value is -0.430. The van der Waals surface area contributed by atoms with Gasteiger partial charge in [0.15, 0.2) is 0 Å². The molecule has 0 spiro atoms. The van der Waals surface area contributed by atoms with Crippen LogP contribution in [-0.2, 0) is 0 Å². The summed E-state index contributed by atoms with van der Waals surface area (Å²) >= 11 is 1.79. The molecule has 0 radical (unpaired) electrons. The Labute approximate surface area is 60.3 Å². The van der Waals surface area contributed by atoms with Gasteiger partial charge in [-0.15, -0.1) is 11.8 Å². The van der Waals surface area contributed by atoms with Crippen molar-refractivity contribution in [2.75, 3.05) is 6.26 Å². The second kappa shape index (κ2) is 2.92. The Morgan fingerprint density at radius 3 is 3.00 bits per heavy atom. The first kappa shape index (κ1) is 6.69. The summed E-state index contributed by atoms with van der Waals surface area (Å²) < 4.78 is 0. The molecule has 9 heavy (non-hydrogen) atoms. The number of hydrogen-bond donors (Lipinski definition) is 0. The first-order chi connectivity index (χ1) is 4.38. The van der Waals surface area contributed by atoms with Crippen LogP contribution in [0.25, 0.3) is 0 Å². The van der Waals surface area contributed by atoms with Gasteiger partial charge in [0.25, 0.3) is 0 Å². The molecule has 48 valence electrons. The second-order valence-corrected chi connectivity index (χ2v) is 2.75. The van der Waals surface area contributed by atoms with E-state index in [4.69, 9.17) is 0 Å². The fourth-order valence-corrected chi connectivity index (χ4v) is 1.54. The molecule has 0 unspecified atom stereocenters. The Morgan fingerprint density at radius 2 is 2.56 bits per heavy atom. The Morgan fingerprint density at radius 1 is 1.78 bits per heavy atom. The van der Waals surface area contributed by atoms with Crippen LogP contribution in [0.4, 0.5) is 0 Å². The normalized spacial score (nSPS) is 17.0. The summed E-state index contributed by atoms with van der Waals surface area (Å²) in [6.07, 6.45) is 9.42. The summed E-state index contributed by atoms with van der Waals surface area (Å²) in [5.41, 5.74) is 1.36. The van der Waals surface area contributed by atoms with Crippen LogP contribution < -0.4 is 0 Å². The van der Waals surface area contributed by atoms with E-state index < -0.39 is 0 Å². The summed E-state index contributed by atoms with van der Waals surface area (Å²) in [5.74, 6) is 0. The van der Waals surface area contributed by atoms with E-state index in [1.54, 1.807) is 11.8 Å². The van der Waals surface area contributed by atoms with Crippen molar-refractivity contribution in [3.05, 3.63) is 35.3 Å². The van der Waals surface area contributed by atoms with E-state index in [0.717, 1.165) is 6.42 Å². The summed E-state index contributed by atoms with van der Waals surface area (Å²) in [4.78, 5) is 1.37. The van der Waals surface area contributed by atoms with Crippen molar-refractivity contribution in [2.45, 2.75) is 6.42 Å². The van der Waals surface area contributed by atoms with Crippen molar-refractivity contribution in [1.82, 2.24) is 0 Å². The van der Waals surface area contributed by atoms with Crippen LogP contribution in [0.15, 0.2) is 35.3 Å². The quantitative estimate of drug-likeness (QED) is 0.565. The van der Waals surface area contributed by atoms with Gasteiger partial charge in [-0.2, -0.15) is 0 Å². The van der Waals surface area contributed by atoms with Gasteiger partial charge >= 0.3 is 0 Å². The molecule has 0 amide bonds. The van der Waals surface area contributed by atoms with Gasteiger partial charge in [0, 0.05) is 4.91 Å². The van der Waals surface area contributed by atoms with Crippen LogP contribution in [0.3, 0.4) is 0 Å². The van der Waals surface area contributed by atoms with Crippen molar-refractivity contribution in [1.29, 1.82) is 0 Å². The van der Waals surface area contributed by atoms with Gasteiger partial charge in [-0.1, -0.05) is 24.8 Å². The Kier molecular flexibility index (Phi) is 2.17. The Bertz CT molecular complexity index is 175. The zero-order valence-electron chi connectivity index (χ0n) is 5.55. The molecule has 1 aliphatic rings. The average Bonchev–Trinajstić information content (AvgIpc) is 2.33.